The summed E-state index contributed by atoms with van der Waals surface area (Å²) in [7, 11) is 0. The molecule has 0 unspecified atom stereocenters. The van der Waals surface area contributed by atoms with Crippen molar-refractivity contribution in [1.82, 2.24) is 25.5 Å². The molecule has 2 heterocycles. The molecule has 0 aromatic carbocycles. The number of rotatable bonds is 4. The minimum atomic E-state index is -0.319. The molecule has 0 aliphatic heterocycles. The van der Waals surface area contributed by atoms with Gasteiger partial charge in [-0.2, -0.15) is 10.4 Å². The average Bonchev–Trinajstić information content (AvgIpc) is 2.64. The van der Waals surface area contributed by atoms with Gasteiger partial charge in [0.2, 0.25) is 5.82 Å². The fraction of sp³-hybridized carbons (Fsp3) is 0.375. The number of hydrogen-bond donors (Lipinski definition) is 1. The zero-order valence-corrected chi connectivity index (χ0v) is 14.0. The van der Waals surface area contributed by atoms with Gasteiger partial charge in [-0.05, 0) is 25.7 Å². The summed E-state index contributed by atoms with van der Waals surface area (Å²) in [5.41, 5.74) is 0.179. The van der Waals surface area contributed by atoms with Crippen molar-refractivity contribution in [3.05, 3.63) is 41.2 Å². The Kier molecular flexibility index (Phi) is 5.36. The van der Waals surface area contributed by atoms with E-state index in [4.69, 9.17) is 21.6 Å². The highest BCUT2D eigenvalue weighted by molar-refractivity contribution is 6.31. The number of carbonyl (C=O) groups excluding carboxylic acids is 1. The number of nitrogens with one attached hydrogen (secondary N) is 1. The predicted octanol–water partition coefficient (Wildman–Crippen LogP) is 1.91. The molecule has 1 aliphatic carbocycles. The van der Waals surface area contributed by atoms with Crippen LogP contribution in [0.4, 0.5) is 0 Å². The average molecular weight is 359 g/mol. The van der Waals surface area contributed by atoms with Gasteiger partial charge < -0.3 is 10.1 Å². The van der Waals surface area contributed by atoms with Crippen molar-refractivity contribution in [2.24, 2.45) is 0 Å². The number of nitrogens with zero attached hydrogens (tertiary/aromatic N) is 5. The zero-order chi connectivity index (χ0) is 17.6. The van der Waals surface area contributed by atoms with Crippen molar-refractivity contribution >= 4 is 17.5 Å². The van der Waals surface area contributed by atoms with E-state index in [1.807, 2.05) is 6.07 Å². The van der Waals surface area contributed by atoms with Gasteiger partial charge in [0.15, 0.2) is 5.69 Å². The van der Waals surface area contributed by atoms with Crippen LogP contribution < -0.4 is 10.1 Å². The molecule has 1 N–H and O–H groups in total. The van der Waals surface area contributed by atoms with Crippen LogP contribution >= 0.6 is 11.6 Å². The molecular formula is C16H15ClN6O2. The van der Waals surface area contributed by atoms with E-state index in [0.29, 0.717) is 5.75 Å². The molecule has 1 fully saturated rings. The number of halogens is 1. The number of carbonyl (C=O) groups is 1. The molecule has 25 heavy (non-hydrogen) atoms. The molecule has 2 aromatic rings. The summed E-state index contributed by atoms with van der Waals surface area (Å²) in [4.78, 5) is 19.9. The molecule has 1 amide bonds. The lowest BCUT2D eigenvalue weighted by Crippen LogP contribution is -2.40. The van der Waals surface area contributed by atoms with Crippen molar-refractivity contribution in [2.75, 3.05) is 0 Å². The van der Waals surface area contributed by atoms with Gasteiger partial charge in [0.25, 0.3) is 5.91 Å². The van der Waals surface area contributed by atoms with Crippen LogP contribution in [0.3, 0.4) is 0 Å². The van der Waals surface area contributed by atoms with E-state index < -0.39 is 0 Å². The lowest BCUT2D eigenvalue weighted by molar-refractivity contribution is 0.0882. The van der Waals surface area contributed by atoms with Crippen LogP contribution in [0.25, 0.3) is 0 Å². The minimum Gasteiger partial charge on any atom is -0.489 e. The molecule has 9 heteroatoms. The Morgan fingerprint density at radius 1 is 1.28 bits per heavy atom. The van der Waals surface area contributed by atoms with Crippen LogP contribution in [0.15, 0.2) is 24.7 Å². The first kappa shape index (κ1) is 17.0. The van der Waals surface area contributed by atoms with Gasteiger partial charge in [0.1, 0.15) is 11.8 Å². The number of amides is 1. The molecule has 3 rings (SSSR count). The molecule has 0 radical (unpaired) electrons. The van der Waals surface area contributed by atoms with Crippen LogP contribution in [0, 0.1) is 11.3 Å². The molecule has 128 valence electrons. The molecule has 8 nitrogen and oxygen atoms in total. The first-order valence-corrected chi connectivity index (χ1v) is 8.20. The molecule has 0 spiro atoms. The van der Waals surface area contributed by atoms with Gasteiger partial charge >= 0.3 is 0 Å². The van der Waals surface area contributed by atoms with E-state index in [1.165, 1.54) is 18.6 Å². The maximum Gasteiger partial charge on any atom is 0.291 e. The summed E-state index contributed by atoms with van der Waals surface area (Å²) in [5.74, 6) is 0.292. The van der Waals surface area contributed by atoms with Crippen LogP contribution in [0.1, 0.15) is 42.0 Å². The van der Waals surface area contributed by atoms with E-state index in [-0.39, 0.29) is 34.6 Å². The highest BCUT2D eigenvalue weighted by Crippen LogP contribution is 2.26. The largest absolute Gasteiger partial charge is 0.489 e. The second kappa shape index (κ2) is 7.85. The Balaban J connectivity index is 1.50. The van der Waals surface area contributed by atoms with E-state index in [0.717, 1.165) is 25.7 Å². The van der Waals surface area contributed by atoms with Crippen molar-refractivity contribution in [2.45, 2.75) is 37.8 Å². The summed E-state index contributed by atoms with van der Waals surface area (Å²) >= 11 is 5.96. The molecular weight excluding hydrogens is 344 g/mol. The fourth-order valence-electron chi connectivity index (χ4n) is 2.69. The maximum atomic E-state index is 12.0. The van der Waals surface area contributed by atoms with Crippen molar-refractivity contribution < 1.29 is 9.53 Å². The third kappa shape index (κ3) is 4.39. The smallest absolute Gasteiger partial charge is 0.291 e. The van der Waals surface area contributed by atoms with E-state index in [2.05, 4.69) is 25.5 Å². The monoisotopic (exact) mass is 358 g/mol. The van der Waals surface area contributed by atoms with Crippen LogP contribution in [-0.4, -0.2) is 38.2 Å². The second-order valence-corrected chi connectivity index (χ2v) is 6.05. The van der Waals surface area contributed by atoms with Gasteiger partial charge in [-0.15, -0.1) is 5.10 Å². The van der Waals surface area contributed by atoms with E-state index in [9.17, 15) is 4.79 Å². The van der Waals surface area contributed by atoms with Crippen molar-refractivity contribution in [3.8, 4) is 11.8 Å². The third-order valence-corrected chi connectivity index (χ3v) is 4.21. The number of ether oxygens (including phenoxy) is 1. The van der Waals surface area contributed by atoms with Gasteiger partial charge in [-0.1, -0.05) is 11.6 Å². The molecule has 2 aromatic heterocycles. The third-order valence-electron chi connectivity index (χ3n) is 3.92. The van der Waals surface area contributed by atoms with Gasteiger partial charge in [-0.3, -0.25) is 4.79 Å². The Morgan fingerprint density at radius 3 is 2.72 bits per heavy atom. The standard InChI is InChI=1S/C16H15ClN6O2/c17-13-7-12(9-20-14(13)8-18)25-11-3-1-10(2-4-11)22-16(24)15-19-5-6-21-23-15/h5-7,9-11H,1-4H2,(H,22,24). The predicted molar refractivity (Wildman–Crippen MR) is 87.9 cm³/mol. The summed E-state index contributed by atoms with van der Waals surface area (Å²) in [6.45, 7) is 0. The summed E-state index contributed by atoms with van der Waals surface area (Å²) in [6.07, 6.45) is 7.52. The lowest BCUT2D eigenvalue weighted by Gasteiger charge is -2.29. The molecule has 1 saturated carbocycles. The molecule has 0 saturated heterocycles. The van der Waals surface area contributed by atoms with Crippen molar-refractivity contribution in [3.63, 3.8) is 0 Å². The Hall–Kier alpha value is -2.79. The van der Waals surface area contributed by atoms with E-state index >= 15 is 0 Å². The number of hydrogen-bond acceptors (Lipinski definition) is 7. The van der Waals surface area contributed by atoms with Crippen LogP contribution in [-0.2, 0) is 0 Å². The highest BCUT2D eigenvalue weighted by atomic mass is 35.5. The molecule has 0 atom stereocenters. The van der Waals surface area contributed by atoms with E-state index in [1.54, 1.807) is 6.07 Å². The maximum absolute atomic E-state index is 12.0. The molecule has 1 aliphatic rings. The first-order valence-electron chi connectivity index (χ1n) is 7.82. The minimum absolute atomic E-state index is 0.0218. The normalized spacial score (nSPS) is 19.7. The lowest BCUT2D eigenvalue weighted by atomic mass is 9.93. The van der Waals surface area contributed by atoms with Crippen LogP contribution in [0.2, 0.25) is 5.02 Å². The SMILES string of the molecule is N#Cc1ncc(OC2CCC(NC(=O)c3nccnn3)CC2)cc1Cl. The van der Waals surface area contributed by atoms with Gasteiger partial charge in [0, 0.05) is 18.3 Å². The Labute approximate surface area is 149 Å². The second-order valence-electron chi connectivity index (χ2n) is 5.64. The van der Waals surface area contributed by atoms with Gasteiger partial charge in [0.05, 0.1) is 23.5 Å². The summed E-state index contributed by atoms with van der Waals surface area (Å²) < 4.78 is 5.87. The number of aromatic nitrogens is 4. The van der Waals surface area contributed by atoms with Crippen LogP contribution in [0.5, 0.6) is 5.75 Å². The zero-order valence-electron chi connectivity index (χ0n) is 13.2. The quantitative estimate of drug-likeness (QED) is 0.887. The summed E-state index contributed by atoms with van der Waals surface area (Å²) in [5, 5.41) is 19.4. The number of pyridine rings is 1. The first-order chi connectivity index (χ1) is 12.2. The Morgan fingerprint density at radius 2 is 2.08 bits per heavy atom. The highest BCUT2D eigenvalue weighted by Gasteiger charge is 2.25. The topological polar surface area (TPSA) is 114 Å². The molecule has 0 bridgehead atoms. The van der Waals surface area contributed by atoms with Gasteiger partial charge in [-0.25, -0.2) is 9.97 Å². The van der Waals surface area contributed by atoms with Crippen molar-refractivity contribution in [1.29, 1.82) is 5.26 Å². The number of nitriles is 1. The Bertz CT molecular complexity index is 787. The fourth-order valence-corrected chi connectivity index (χ4v) is 2.88. The summed E-state index contributed by atoms with van der Waals surface area (Å²) in [6, 6.07) is 3.56.